The maximum Gasteiger partial charge on any atom is 0.274 e. The molecule has 3 rings (SSSR count). The second-order valence-corrected chi connectivity index (χ2v) is 6.91. The lowest BCUT2D eigenvalue weighted by molar-refractivity contribution is -0.140. The summed E-state index contributed by atoms with van der Waals surface area (Å²) < 4.78 is 11.6. The second kappa shape index (κ2) is 7.05. The van der Waals surface area contributed by atoms with Gasteiger partial charge in [-0.2, -0.15) is 0 Å². The number of hydrogen-bond donors (Lipinski definition) is 0. The molecule has 2 aliphatic heterocycles. The van der Waals surface area contributed by atoms with Gasteiger partial charge in [0, 0.05) is 18.8 Å². The lowest BCUT2D eigenvalue weighted by Crippen LogP contribution is -2.60. The number of amides is 2. The van der Waals surface area contributed by atoms with Gasteiger partial charge in [0.15, 0.2) is 0 Å². The van der Waals surface area contributed by atoms with Crippen LogP contribution in [0.15, 0.2) is 12.4 Å². The average Bonchev–Trinajstić information content (AvgIpc) is 2.74. The van der Waals surface area contributed by atoms with Crippen LogP contribution in [-0.4, -0.2) is 82.7 Å². The van der Waals surface area contributed by atoms with E-state index in [0.29, 0.717) is 37.6 Å². The Bertz CT molecular complexity index is 666. The van der Waals surface area contributed by atoms with Gasteiger partial charge in [-0.25, -0.2) is 4.98 Å². The smallest absolute Gasteiger partial charge is 0.274 e. The van der Waals surface area contributed by atoms with E-state index in [1.807, 2.05) is 13.8 Å². The zero-order valence-corrected chi connectivity index (χ0v) is 14.9. The molecule has 1 aromatic rings. The van der Waals surface area contributed by atoms with Crippen molar-refractivity contribution in [2.75, 3.05) is 39.5 Å². The summed E-state index contributed by atoms with van der Waals surface area (Å²) in [5, 5.41) is 0. The van der Waals surface area contributed by atoms with Crippen LogP contribution < -0.4 is 0 Å². The number of carbonyl (C=O) groups excluding carboxylic acids is 2. The fourth-order valence-electron chi connectivity index (χ4n) is 3.25. The van der Waals surface area contributed by atoms with E-state index in [0.717, 1.165) is 0 Å². The van der Waals surface area contributed by atoms with Crippen LogP contribution in [0.2, 0.25) is 0 Å². The van der Waals surface area contributed by atoms with Crippen LogP contribution in [0, 0.1) is 6.92 Å². The molecule has 3 heterocycles. The van der Waals surface area contributed by atoms with Crippen LogP contribution >= 0.6 is 0 Å². The van der Waals surface area contributed by atoms with Gasteiger partial charge in [-0.05, 0) is 20.8 Å². The van der Waals surface area contributed by atoms with E-state index in [1.165, 1.54) is 6.20 Å². The molecular formula is C17H24N4O4. The van der Waals surface area contributed by atoms with E-state index in [2.05, 4.69) is 9.97 Å². The number of rotatable bonds is 2. The molecule has 136 valence electrons. The first kappa shape index (κ1) is 17.8. The van der Waals surface area contributed by atoms with E-state index in [-0.39, 0.29) is 31.1 Å². The van der Waals surface area contributed by atoms with Gasteiger partial charge in [-0.3, -0.25) is 14.6 Å². The largest absolute Gasteiger partial charge is 0.368 e. The molecule has 0 radical (unpaired) electrons. The van der Waals surface area contributed by atoms with Crippen molar-refractivity contribution >= 4 is 11.8 Å². The van der Waals surface area contributed by atoms with Crippen molar-refractivity contribution < 1.29 is 19.1 Å². The van der Waals surface area contributed by atoms with Crippen molar-refractivity contribution in [1.29, 1.82) is 0 Å². The van der Waals surface area contributed by atoms with Gasteiger partial charge < -0.3 is 19.3 Å². The zero-order valence-electron chi connectivity index (χ0n) is 14.9. The number of aromatic nitrogens is 2. The monoisotopic (exact) mass is 348 g/mol. The molecule has 1 unspecified atom stereocenters. The molecule has 0 aromatic carbocycles. The minimum absolute atomic E-state index is 0.0423. The predicted molar refractivity (Wildman–Crippen MR) is 89.0 cm³/mol. The van der Waals surface area contributed by atoms with E-state index in [4.69, 9.17) is 9.47 Å². The van der Waals surface area contributed by atoms with Crippen LogP contribution in [0.25, 0.3) is 0 Å². The van der Waals surface area contributed by atoms with Crippen molar-refractivity contribution in [2.24, 2.45) is 0 Å². The summed E-state index contributed by atoms with van der Waals surface area (Å²) in [6.45, 7) is 7.70. The summed E-state index contributed by atoms with van der Waals surface area (Å²) in [5.41, 5.74) is 0.313. The number of ether oxygens (including phenoxy) is 2. The van der Waals surface area contributed by atoms with Crippen LogP contribution in [-0.2, 0) is 14.3 Å². The fourth-order valence-corrected chi connectivity index (χ4v) is 3.25. The third-order valence-electron chi connectivity index (χ3n) is 4.50. The highest BCUT2D eigenvalue weighted by atomic mass is 16.5. The molecule has 0 aliphatic carbocycles. The van der Waals surface area contributed by atoms with Crippen LogP contribution in [0.5, 0.6) is 0 Å². The maximum absolute atomic E-state index is 12.8. The molecule has 8 nitrogen and oxygen atoms in total. The number of aryl methyl sites for hydroxylation is 1. The molecule has 2 amide bonds. The molecule has 0 saturated carbocycles. The van der Waals surface area contributed by atoms with Crippen molar-refractivity contribution in [3.63, 3.8) is 0 Å². The maximum atomic E-state index is 12.8. The minimum Gasteiger partial charge on any atom is -0.368 e. The highest BCUT2D eigenvalue weighted by Gasteiger charge is 2.44. The summed E-state index contributed by atoms with van der Waals surface area (Å²) in [7, 11) is 0. The molecule has 1 aromatic heterocycles. The highest BCUT2D eigenvalue weighted by molar-refractivity contribution is 5.92. The first-order chi connectivity index (χ1) is 11.9. The van der Waals surface area contributed by atoms with Gasteiger partial charge in [0.1, 0.15) is 17.9 Å². The molecule has 2 fully saturated rings. The molecular weight excluding hydrogens is 324 g/mol. The Morgan fingerprint density at radius 1 is 1.32 bits per heavy atom. The highest BCUT2D eigenvalue weighted by Crippen LogP contribution is 2.25. The molecule has 25 heavy (non-hydrogen) atoms. The topological polar surface area (TPSA) is 84.9 Å². The van der Waals surface area contributed by atoms with Gasteiger partial charge in [0.2, 0.25) is 5.91 Å². The standard InChI is InChI=1S/C17H24N4O4/c1-12(2)21-10-17(11-24-8-15(21)22)9-20(4-5-25-17)16(23)14-7-18-6-13(3)19-14/h6-7,12H,4-5,8-11H2,1-3H3. The van der Waals surface area contributed by atoms with Crippen LogP contribution in [0.1, 0.15) is 30.0 Å². The van der Waals surface area contributed by atoms with Crippen molar-refractivity contribution in [3.8, 4) is 0 Å². The number of hydrogen-bond acceptors (Lipinski definition) is 6. The molecule has 0 N–H and O–H groups in total. The van der Waals surface area contributed by atoms with Crippen LogP contribution in [0.4, 0.5) is 0 Å². The Kier molecular flexibility index (Phi) is 5.01. The van der Waals surface area contributed by atoms with Gasteiger partial charge in [-0.15, -0.1) is 0 Å². The van der Waals surface area contributed by atoms with E-state index < -0.39 is 5.60 Å². The summed E-state index contributed by atoms with van der Waals surface area (Å²) in [6, 6.07) is 0.0448. The van der Waals surface area contributed by atoms with Crippen LogP contribution in [0.3, 0.4) is 0 Å². The molecule has 2 saturated heterocycles. The Balaban J connectivity index is 1.79. The van der Waals surface area contributed by atoms with E-state index in [9.17, 15) is 9.59 Å². The summed E-state index contributed by atoms with van der Waals surface area (Å²) in [4.78, 5) is 36.8. The number of morpholine rings is 1. The van der Waals surface area contributed by atoms with Gasteiger partial charge in [-0.1, -0.05) is 0 Å². The fraction of sp³-hybridized carbons (Fsp3) is 0.647. The van der Waals surface area contributed by atoms with E-state index in [1.54, 1.807) is 22.9 Å². The number of nitrogens with zero attached hydrogens (tertiary/aromatic N) is 4. The average molecular weight is 348 g/mol. The predicted octanol–water partition coefficient (Wildman–Crippen LogP) is 0.263. The van der Waals surface area contributed by atoms with Crippen molar-refractivity contribution in [2.45, 2.75) is 32.4 Å². The molecule has 1 atom stereocenters. The molecule has 0 bridgehead atoms. The summed E-state index contributed by atoms with van der Waals surface area (Å²) in [5.74, 6) is -0.228. The third kappa shape index (κ3) is 3.80. The van der Waals surface area contributed by atoms with Crippen molar-refractivity contribution in [1.82, 2.24) is 19.8 Å². The number of carbonyl (C=O) groups is 2. The van der Waals surface area contributed by atoms with Gasteiger partial charge in [0.05, 0.1) is 38.2 Å². The second-order valence-electron chi connectivity index (χ2n) is 6.91. The van der Waals surface area contributed by atoms with Crippen molar-refractivity contribution in [3.05, 3.63) is 23.8 Å². The van der Waals surface area contributed by atoms with Gasteiger partial charge in [0.25, 0.3) is 5.91 Å². The summed E-state index contributed by atoms with van der Waals surface area (Å²) in [6.07, 6.45) is 3.09. The quantitative estimate of drug-likeness (QED) is 0.762. The normalized spacial score (nSPS) is 24.7. The zero-order chi connectivity index (χ0) is 18.0. The Labute approximate surface area is 147 Å². The molecule has 8 heteroatoms. The Morgan fingerprint density at radius 2 is 2.12 bits per heavy atom. The third-order valence-corrected chi connectivity index (χ3v) is 4.50. The Morgan fingerprint density at radius 3 is 2.84 bits per heavy atom. The molecule has 2 aliphatic rings. The first-order valence-corrected chi connectivity index (χ1v) is 8.49. The lowest BCUT2D eigenvalue weighted by atomic mass is 10.0. The van der Waals surface area contributed by atoms with E-state index >= 15 is 0 Å². The van der Waals surface area contributed by atoms with Gasteiger partial charge >= 0.3 is 0 Å². The minimum atomic E-state index is -0.707. The lowest BCUT2D eigenvalue weighted by Gasteiger charge is -2.43. The SMILES string of the molecule is Cc1cncc(C(=O)N2CCOC3(COCC(=O)N(C(C)C)C3)C2)n1. The Hall–Kier alpha value is -2.06. The first-order valence-electron chi connectivity index (χ1n) is 8.49. The molecule has 1 spiro atoms. The summed E-state index contributed by atoms with van der Waals surface area (Å²) >= 11 is 0.